The summed E-state index contributed by atoms with van der Waals surface area (Å²) in [7, 11) is 0. The van der Waals surface area contributed by atoms with E-state index in [0.29, 0.717) is 12.3 Å². The molecule has 0 heterocycles. The zero-order chi connectivity index (χ0) is 12.2. The number of nitrogens with two attached hydrogens (primary N) is 1. The molecule has 0 aliphatic carbocycles. The highest BCUT2D eigenvalue weighted by Gasteiger charge is 1.97. The second kappa shape index (κ2) is 10.5. The van der Waals surface area contributed by atoms with Crippen molar-refractivity contribution in [3.05, 3.63) is 11.8 Å². The van der Waals surface area contributed by atoms with Crippen LogP contribution in [0.15, 0.2) is 11.8 Å². The van der Waals surface area contributed by atoms with Crippen LogP contribution in [0.25, 0.3) is 0 Å². The summed E-state index contributed by atoms with van der Waals surface area (Å²) in [6.45, 7) is 5.30. The standard InChI is InChI=1S/C12H23NO3/c1-3-4-5-6-7-15-8-9-16-12(14)10-11(2)13/h10H,3-9,13H2,1-2H3. The van der Waals surface area contributed by atoms with Crippen LogP contribution in [-0.4, -0.2) is 25.8 Å². The minimum absolute atomic E-state index is 0.288. The second-order valence-corrected chi connectivity index (χ2v) is 3.73. The molecule has 0 aromatic heterocycles. The topological polar surface area (TPSA) is 61.5 Å². The molecule has 0 radical (unpaired) electrons. The summed E-state index contributed by atoms with van der Waals surface area (Å²) in [5, 5.41) is 0. The van der Waals surface area contributed by atoms with Crippen molar-refractivity contribution in [2.45, 2.75) is 39.5 Å². The molecule has 4 heteroatoms. The van der Waals surface area contributed by atoms with Gasteiger partial charge in [0.15, 0.2) is 0 Å². The van der Waals surface area contributed by atoms with Crippen molar-refractivity contribution < 1.29 is 14.3 Å². The molecule has 0 amide bonds. The predicted molar refractivity (Wildman–Crippen MR) is 63.9 cm³/mol. The Hall–Kier alpha value is -1.03. The van der Waals surface area contributed by atoms with Crippen molar-refractivity contribution in [1.82, 2.24) is 0 Å². The van der Waals surface area contributed by atoms with Gasteiger partial charge in [-0.05, 0) is 13.3 Å². The number of carbonyl (C=O) groups is 1. The Bertz CT molecular complexity index is 210. The molecule has 0 saturated heterocycles. The molecule has 0 spiro atoms. The van der Waals surface area contributed by atoms with Gasteiger partial charge < -0.3 is 15.2 Å². The van der Waals surface area contributed by atoms with Gasteiger partial charge in [0.25, 0.3) is 0 Å². The molecule has 0 aromatic carbocycles. The molecule has 0 saturated carbocycles. The van der Waals surface area contributed by atoms with Crippen molar-refractivity contribution in [1.29, 1.82) is 0 Å². The van der Waals surface area contributed by atoms with E-state index in [1.165, 1.54) is 25.3 Å². The second-order valence-electron chi connectivity index (χ2n) is 3.73. The maximum absolute atomic E-state index is 11.0. The van der Waals surface area contributed by atoms with Gasteiger partial charge in [0.2, 0.25) is 0 Å². The number of rotatable bonds is 9. The molecule has 94 valence electrons. The summed E-state index contributed by atoms with van der Waals surface area (Å²) >= 11 is 0. The number of hydrogen-bond donors (Lipinski definition) is 1. The van der Waals surface area contributed by atoms with Gasteiger partial charge in [0.05, 0.1) is 6.61 Å². The van der Waals surface area contributed by atoms with Crippen LogP contribution in [0.5, 0.6) is 0 Å². The summed E-state index contributed by atoms with van der Waals surface area (Å²) in [6.07, 6.45) is 6.01. The van der Waals surface area contributed by atoms with E-state index in [1.807, 2.05) is 0 Å². The molecule has 0 aliphatic heterocycles. The molecule has 0 atom stereocenters. The Morgan fingerprint density at radius 3 is 2.56 bits per heavy atom. The molecule has 2 N–H and O–H groups in total. The fourth-order valence-electron chi connectivity index (χ4n) is 1.16. The van der Waals surface area contributed by atoms with Crippen LogP contribution in [0.2, 0.25) is 0 Å². The van der Waals surface area contributed by atoms with Crippen molar-refractivity contribution in [2.24, 2.45) is 5.73 Å². The van der Waals surface area contributed by atoms with Gasteiger partial charge in [-0.3, -0.25) is 0 Å². The Morgan fingerprint density at radius 2 is 1.94 bits per heavy atom. The lowest BCUT2D eigenvalue weighted by atomic mass is 10.2. The molecule has 0 aliphatic rings. The summed E-state index contributed by atoms with van der Waals surface area (Å²) < 4.78 is 10.2. The Morgan fingerprint density at radius 1 is 1.19 bits per heavy atom. The first-order valence-corrected chi connectivity index (χ1v) is 5.85. The molecule has 0 unspecified atom stereocenters. The Balaban J connectivity index is 3.21. The van der Waals surface area contributed by atoms with E-state index in [0.717, 1.165) is 13.0 Å². The fraction of sp³-hybridized carbons (Fsp3) is 0.750. The molecule has 0 bridgehead atoms. The largest absolute Gasteiger partial charge is 0.460 e. The zero-order valence-electron chi connectivity index (χ0n) is 10.3. The van der Waals surface area contributed by atoms with Gasteiger partial charge in [-0.1, -0.05) is 26.2 Å². The Labute approximate surface area is 97.8 Å². The van der Waals surface area contributed by atoms with Crippen LogP contribution in [0.4, 0.5) is 0 Å². The van der Waals surface area contributed by atoms with Gasteiger partial charge in [0, 0.05) is 18.4 Å². The van der Waals surface area contributed by atoms with Crippen LogP contribution in [0.1, 0.15) is 39.5 Å². The minimum Gasteiger partial charge on any atom is -0.460 e. The summed E-state index contributed by atoms with van der Waals surface area (Å²) in [5.74, 6) is -0.408. The van der Waals surface area contributed by atoms with Gasteiger partial charge in [-0.15, -0.1) is 0 Å². The molecule has 0 rings (SSSR count). The lowest BCUT2D eigenvalue weighted by Gasteiger charge is -2.04. The van der Waals surface area contributed by atoms with Crippen LogP contribution < -0.4 is 5.73 Å². The van der Waals surface area contributed by atoms with Gasteiger partial charge >= 0.3 is 5.97 Å². The van der Waals surface area contributed by atoms with E-state index in [4.69, 9.17) is 15.2 Å². The third kappa shape index (κ3) is 11.0. The van der Waals surface area contributed by atoms with Gasteiger partial charge in [0.1, 0.15) is 6.61 Å². The Kier molecular flexibility index (Phi) is 9.81. The average molecular weight is 229 g/mol. The van der Waals surface area contributed by atoms with Crippen LogP contribution in [-0.2, 0) is 14.3 Å². The third-order valence-corrected chi connectivity index (χ3v) is 1.96. The minimum atomic E-state index is -0.408. The predicted octanol–water partition coefficient (Wildman–Crippen LogP) is 1.99. The summed E-state index contributed by atoms with van der Waals surface area (Å²) in [6, 6.07) is 0. The quantitative estimate of drug-likeness (QED) is 0.373. The van der Waals surface area contributed by atoms with E-state index in [1.54, 1.807) is 6.92 Å². The van der Waals surface area contributed by atoms with Crippen molar-refractivity contribution in [2.75, 3.05) is 19.8 Å². The van der Waals surface area contributed by atoms with Gasteiger partial charge in [-0.25, -0.2) is 4.79 Å². The van der Waals surface area contributed by atoms with E-state index >= 15 is 0 Å². The first-order chi connectivity index (χ1) is 7.66. The highest BCUT2D eigenvalue weighted by molar-refractivity contribution is 5.82. The smallest absolute Gasteiger partial charge is 0.332 e. The summed E-state index contributed by atoms with van der Waals surface area (Å²) in [5.41, 5.74) is 5.77. The maximum Gasteiger partial charge on any atom is 0.332 e. The van der Waals surface area contributed by atoms with E-state index in [2.05, 4.69) is 6.92 Å². The summed E-state index contributed by atoms with van der Waals surface area (Å²) in [4.78, 5) is 11.0. The third-order valence-electron chi connectivity index (χ3n) is 1.96. The van der Waals surface area contributed by atoms with E-state index in [-0.39, 0.29) is 6.61 Å². The lowest BCUT2D eigenvalue weighted by Crippen LogP contribution is -2.10. The number of unbranched alkanes of at least 4 members (excludes halogenated alkanes) is 3. The molecule has 16 heavy (non-hydrogen) atoms. The molecular formula is C12H23NO3. The van der Waals surface area contributed by atoms with Crippen LogP contribution >= 0.6 is 0 Å². The number of allylic oxidation sites excluding steroid dienone is 1. The van der Waals surface area contributed by atoms with E-state index < -0.39 is 5.97 Å². The average Bonchev–Trinajstić information content (AvgIpc) is 2.21. The van der Waals surface area contributed by atoms with Crippen LogP contribution in [0.3, 0.4) is 0 Å². The number of ether oxygens (including phenoxy) is 2. The van der Waals surface area contributed by atoms with Crippen LogP contribution in [0, 0.1) is 0 Å². The molecule has 4 nitrogen and oxygen atoms in total. The number of carbonyl (C=O) groups excluding carboxylic acids is 1. The zero-order valence-corrected chi connectivity index (χ0v) is 10.3. The number of hydrogen-bond acceptors (Lipinski definition) is 4. The number of esters is 1. The maximum atomic E-state index is 11.0. The monoisotopic (exact) mass is 229 g/mol. The van der Waals surface area contributed by atoms with Crippen molar-refractivity contribution in [3.8, 4) is 0 Å². The first kappa shape index (κ1) is 15.0. The highest BCUT2D eigenvalue weighted by Crippen LogP contribution is 1.98. The van der Waals surface area contributed by atoms with Gasteiger partial charge in [-0.2, -0.15) is 0 Å². The van der Waals surface area contributed by atoms with E-state index in [9.17, 15) is 4.79 Å². The van der Waals surface area contributed by atoms with Crippen molar-refractivity contribution in [3.63, 3.8) is 0 Å². The first-order valence-electron chi connectivity index (χ1n) is 5.85. The fourth-order valence-corrected chi connectivity index (χ4v) is 1.16. The molecule has 0 aromatic rings. The molecular weight excluding hydrogens is 206 g/mol. The lowest BCUT2D eigenvalue weighted by molar-refractivity contribution is -0.139. The highest BCUT2D eigenvalue weighted by atomic mass is 16.6. The normalized spacial score (nSPS) is 11.5. The SMILES string of the molecule is CCCCCCOCCOC(=O)C=C(C)N. The molecule has 0 fully saturated rings. The van der Waals surface area contributed by atoms with Crippen molar-refractivity contribution >= 4 is 5.97 Å².